The SMILES string of the molecule is COc1ccc(S(=O)(=O)Nc2cc(-c3nc4cccnc4s3)ccc2C)c(F)c1. The van der Waals surface area contributed by atoms with Crippen LogP contribution in [0, 0.1) is 12.7 Å². The van der Waals surface area contributed by atoms with Crippen LogP contribution in [0.3, 0.4) is 0 Å². The number of rotatable bonds is 5. The first-order valence-corrected chi connectivity index (χ1v) is 10.9. The maximum absolute atomic E-state index is 14.3. The molecule has 0 aliphatic carbocycles. The summed E-state index contributed by atoms with van der Waals surface area (Å²) in [6.45, 7) is 1.77. The van der Waals surface area contributed by atoms with Gasteiger partial charge in [-0.1, -0.05) is 23.5 Å². The van der Waals surface area contributed by atoms with Crippen LogP contribution in [0.25, 0.3) is 20.9 Å². The molecule has 148 valence electrons. The molecule has 29 heavy (non-hydrogen) atoms. The molecule has 0 atom stereocenters. The number of thiazole rings is 1. The number of ether oxygens (including phenoxy) is 1. The maximum Gasteiger partial charge on any atom is 0.264 e. The number of sulfonamides is 1. The van der Waals surface area contributed by atoms with Gasteiger partial charge in [0.1, 0.15) is 31.8 Å². The molecule has 0 fully saturated rings. The summed E-state index contributed by atoms with van der Waals surface area (Å²) in [7, 11) is -2.74. The molecule has 0 unspecified atom stereocenters. The Balaban J connectivity index is 1.71. The van der Waals surface area contributed by atoms with Crippen LogP contribution in [-0.4, -0.2) is 25.5 Å². The number of aromatic nitrogens is 2. The topological polar surface area (TPSA) is 81.2 Å². The van der Waals surface area contributed by atoms with E-state index in [2.05, 4.69) is 14.7 Å². The molecule has 0 amide bonds. The number of nitrogens with one attached hydrogen (secondary N) is 1. The van der Waals surface area contributed by atoms with E-state index in [1.165, 1.54) is 30.6 Å². The van der Waals surface area contributed by atoms with Crippen molar-refractivity contribution in [3.63, 3.8) is 0 Å². The third-order valence-corrected chi connectivity index (χ3v) is 6.75. The normalized spacial score (nSPS) is 11.6. The van der Waals surface area contributed by atoms with Gasteiger partial charge in [0.25, 0.3) is 10.0 Å². The average Bonchev–Trinajstić information content (AvgIpc) is 3.13. The Bertz CT molecular complexity index is 1290. The van der Waals surface area contributed by atoms with E-state index in [1.807, 2.05) is 18.2 Å². The minimum atomic E-state index is -4.12. The lowest BCUT2D eigenvalue weighted by Crippen LogP contribution is -2.15. The van der Waals surface area contributed by atoms with Crippen LogP contribution < -0.4 is 9.46 Å². The van der Waals surface area contributed by atoms with Crippen LogP contribution in [0.4, 0.5) is 10.1 Å². The fourth-order valence-electron chi connectivity index (χ4n) is 2.78. The van der Waals surface area contributed by atoms with Gasteiger partial charge >= 0.3 is 0 Å². The third kappa shape index (κ3) is 3.79. The Kier molecular flexibility index (Phi) is 4.93. The number of anilines is 1. The van der Waals surface area contributed by atoms with Gasteiger partial charge in [-0.05, 0) is 42.8 Å². The molecule has 0 bridgehead atoms. The number of halogens is 1. The number of fused-ring (bicyclic) bond motifs is 1. The van der Waals surface area contributed by atoms with E-state index in [0.29, 0.717) is 11.3 Å². The summed E-state index contributed by atoms with van der Waals surface area (Å²) < 4.78 is 47.2. The number of nitrogens with zero attached hydrogens (tertiary/aromatic N) is 2. The second-order valence-electron chi connectivity index (χ2n) is 6.28. The van der Waals surface area contributed by atoms with Crippen molar-refractivity contribution in [2.75, 3.05) is 11.8 Å². The first-order chi connectivity index (χ1) is 13.9. The molecule has 0 aliphatic heterocycles. The van der Waals surface area contributed by atoms with Crippen LogP contribution in [0.5, 0.6) is 5.75 Å². The highest BCUT2D eigenvalue weighted by Gasteiger charge is 2.21. The molecule has 0 saturated heterocycles. The Morgan fingerprint density at radius 3 is 2.69 bits per heavy atom. The lowest BCUT2D eigenvalue weighted by atomic mass is 10.1. The largest absolute Gasteiger partial charge is 0.497 e. The van der Waals surface area contributed by atoms with Gasteiger partial charge in [-0.3, -0.25) is 4.72 Å². The van der Waals surface area contributed by atoms with Crippen molar-refractivity contribution < 1.29 is 17.5 Å². The van der Waals surface area contributed by atoms with Gasteiger partial charge in [0.05, 0.1) is 12.8 Å². The molecule has 4 aromatic rings. The molecular weight excluding hydrogens is 413 g/mol. The van der Waals surface area contributed by atoms with Crippen molar-refractivity contribution in [1.82, 2.24) is 9.97 Å². The molecule has 0 spiro atoms. The summed E-state index contributed by atoms with van der Waals surface area (Å²) in [5, 5.41) is 0.717. The summed E-state index contributed by atoms with van der Waals surface area (Å²) in [5.41, 5.74) is 2.57. The van der Waals surface area contributed by atoms with Crippen molar-refractivity contribution >= 4 is 37.4 Å². The molecule has 2 aromatic heterocycles. The predicted octanol–water partition coefficient (Wildman–Crippen LogP) is 4.62. The van der Waals surface area contributed by atoms with E-state index in [9.17, 15) is 12.8 Å². The zero-order valence-electron chi connectivity index (χ0n) is 15.5. The summed E-state index contributed by atoms with van der Waals surface area (Å²) in [6, 6.07) is 12.6. The number of hydrogen-bond acceptors (Lipinski definition) is 6. The second kappa shape index (κ2) is 7.41. The van der Waals surface area contributed by atoms with Gasteiger partial charge < -0.3 is 4.74 Å². The number of benzene rings is 2. The fourth-order valence-corrected chi connectivity index (χ4v) is 4.87. The van der Waals surface area contributed by atoms with E-state index in [1.54, 1.807) is 25.3 Å². The van der Waals surface area contributed by atoms with Gasteiger partial charge in [-0.25, -0.2) is 22.8 Å². The molecule has 6 nitrogen and oxygen atoms in total. The number of pyridine rings is 1. The van der Waals surface area contributed by atoms with Crippen LogP contribution in [0.15, 0.2) is 59.6 Å². The van der Waals surface area contributed by atoms with E-state index < -0.39 is 20.7 Å². The van der Waals surface area contributed by atoms with Gasteiger partial charge in [-0.15, -0.1) is 0 Å². The van der Waals surface area contributed by atoms with E-state index in [0.717, 1.165) is 27.0 Å². The fraction of sp³-hybridized carbons (Fsp3) is 0.100. The Morgan fingerprint density at radius 1 is 1.14 bits per heavy atom. The molecule has 0 radical (unpaired) electrons. The predicted molar refractivity (Wildman–Crippen MR) is 111 cm³/mol. The summed E-state index contributed by atoms with van der Waals surface area (Å²) in [4.78, 5) is 9.17. The molecular formula is C20H16FN3O3S2. The lowest BCUT2D eigenvalue weighted by Gasteiger charge is -2.13. The zero-order valence-corrected chi connectivity index (χ0v) is 17.1. The minimum Gasteiger partial charge on any atom is -0.497 e. The molecule has 9 heteroatoms. The molecule has 4 rings (SSSR count). The number of methoxy groups -OCH3 is 1. The van der Waals surface area contributed by atoms with Crippen molar-refractivity contribution in [1.29, 1.82) is 0 Å². The van der Waals surface area contributed by atoms with Crippen molar-refractivity contribution in [2.45, 2.75) is 11.8 Å². The van der Waals surface area contributed by atoms with Crippen molar-refractivity contribution in [3.8, 4) is 16.3 Å². The second-order valence-corrected chi connectivity index (χ2v) is 8.91. The Morgan fingerprint density at radius 2 is 1.97 bits per heavy atom. The molecule has 0 aliphatic rings. The van der Waals surface area contributed by atoms with E-state index >= 15 is 0 Å². The summed E-state index contributed by atoms with van der Waals surface area (Å²) >= 11 is 1.41. The highest BCUT2D eigenvalue weighted by atomic mass is 32.2. The van der Waals surface area contributed by atoms with Crippen LogP contribution >= 0.6 is 11.3 Å². The van der Waals surface area contributed by atoms with Crippen molar-refractivity contribution in [2.24, 2.45) is 0 Å². The van der Waals surface area contributed by atoms with Crippen LogP contribution in [-0.2, 0) is 10.0 Å². The maximum atomic E-state index is 14.3. The number of hydrogen-bond donors (Lipinski definition) is 1. The Hall–Kier alpha value is -3.04. The summed E-state index contributed by atoms with van der Waals surface area (Å²) in [5.74, 6) is -0.646. The van der Waals surface area contributed by atoms with Gasteiger partial charge in [0.2, 0.25) is 0 Å². The van der Waals surface area contributed by atoms with Gasteiger partial charge in [0.15, 0.2) is 0 Å². The first kappa shape index (κ1) is 19.3. The molecule has 1 N–H and O–H groups in total. The smallest absolute Gasteiger partial charge is 0.264 e. The van der Waals surface area contributed by atoms with E-state index in [-0.39, 0.29) is 5.75 Å². The minimum absolute atomic E-state index is 0.240. The Labute approximate surface area is 171 Å². The van der Waals surface area contributed by atoms with E-state index in [4.69, 9.17) is 4.74 Å². The summed E-state index contributed by atoms with van der Waals surface area (Å²) in [6.07, 6.45) is 1.70. The van der Waals surface area contributed by atoms with Gasteiger partial charge in [0, 0.05) is 17.8 Å². The molecule has 0 saturated carbocycles. The number of aryl methyl sites for hydroxylation is 1. The quantitative estimate of drug-likeness (QED) is 0.501. The third-order valence-electron chi connectivity index (χ3n) is 4.32. The highest BCUT2D eigenvalue weighted by Crippen LogP contribution is 2.32. The highest BCUT2D eigenvalue weighted by molar-refractivity contribution is 7.92. The van der Waals surface area contributed by atoms with Gasteiger partial charge in [-0.2, -0.15) is 0 Å². The van der Waals surface area contributed by atoms with Crippen LogP contribution in [0.1, 0.15) is 5.56 Å². The first-order valence-electron chi connectivity index (χ1n) is 8.56. The lowest BCUT2D eigenvalue weighted by molar-refractivity contribution is 0.410. The standard InChI is InChI=1S/C20H16FN3O3S2/c1-12-5-6-13(19-23-16-4-3-9-22-20(16)28-19)10-17(12)24-29(25,26)18-8-7-14(27-2)11-15(18)21/h3-11,24H,1-2H3. The van der Waals surface area contributed by atoms with Crippen LogP contribution in [0.2, 0.25) is 0 Å². The zero-order chi connectivity index (χ0) is 20.6. The molecule has 2 aromatic carbocycles. The monoisotopic (exact) mass is 429 g/mol. The molecule has 2 heterocycles. The van der Waals surface area contributed by atoms with Crippen molar-refractivity contribution in [3.05, 3.63) is 66.1 Å². The average molecular weight is 429 g/mol.